The van der Waals surface area contributed by atoms with Gasteiger partial charge in [-0.15, -0.1) is 0 Å². The maximum atomic E-state index is 13.5. The highest BCUT2D eigenvalue weighted by Gasteiger charge is 2.58. The van der Waals surface area contributed by atoms with Gasteiger partial charge in [0.25, 0.3) is 12.4 Å². The Morgan fingerprint density at radius 2 is 2.00 bits per heavy atom. The van der Waals surface area contributed by atoms with Crippen LogP contribution in [0.15, 0.2) is 39.5 Å². The summed E-state index contributed by atoms with van der Waals surface area (Å²) in [6, 6.07) is 8.85. The molecule has 2 amide bonds. The number of aryl methyl sites for hydroxylation is 2. The Balaban J connectivity index is 0.000000858. The molecular weight excluding hydrogens is 400 g/mol. The minimum absolute atomic E-state index is 0.0320. The minimum atomic E-state index is -0.723. The highest BCUT2D eigenvalue weighted by atomic mass is 16.4. The van der Waals surface area contributed by atoms with Crippen molar-refractivity contribution in [3.05, 3.63) is 63.2 Å². The largest absolute Gasteiger partial charge is 0.483 e. The monoisotopic (exact) mass is 426 g/mol. The van der Waals surface area contributed by atoms with Gasteiger partial charge in [0.2, 0.25) is 5.91 Å². The molecule has 31 heavy (non-hydrogen) atoms. The van der Waals surface area contributed by atoms with Crippen molar-refractivity contribution in [3.63, 3.8) is 0 Å². The van der Waals surface area contributed by atoms with Gasteiger partial charge < -0.3 is 19.7 Å². The predicted molar refractivity (Wildman–Crippen MR) is 114 cm³/mol. The number of hydrogen-bond acceptors (Lipinski definition) is 5. The van der Waals surface area contributed by atoms with Crippen LogP contribution in [0.5, 0.6) is 0 Å². The molecule has 1 aromatic carbocycles. The summed E-state index contributed by atoms with van der Waals surface area (Å²) >= 11 is 0. The number of para-hydroxylation sites is 1. The molecule has 0 aliphatic carbocycles. The predicted octanol–water partition coefficient (Wildman–Crippen LogP) is 2.86. The number of carbonyl (C=O) groups excluding carboxylic acids is 2. The molecule has 0 radical (unpaired) electrons. The van der Waals surface area contributed by atoms with Crippen LogP contribution >= 0.6 is 0 Å². The lowest BCUT2D eigenvalue weighted by Crippen LogP contribution is -2.49. The summed E-state index contributed by atoms with van der Waals surface area (Å²) in [5.74, 6) is 0.115. The Kier molecular flexibility index (Phi) is 6.29. The molecule has 0 bridgehead atoms. The molecule has 0 unspecified atom stereocenters. The highest BCUT2D eigenvalue weighted by molar-refractivity contribution is 6.08. The summed E-state index contributed by atoms with van der Waals surface area (Å²) in [5, 5.41) is 9.90. The molecule has 3 heterocycles. The Morgan fingerprint density at radius 3 is 2.65 bits per heavy atom. The summed E-state index contributed by atoms with van der Waals surface area (Å²) < 4.78 is 5.18. The van der Waals surface area contributed by atoms with E-state index in [1.54, 1.807) is 18.7 Å². The van der Waals surface area contributed by atoms with Crippen LogP contribution in [0, 0.1) is 13.8 Å². The smallest absolute Gasteiger partial charge is 0.336 e. The number of amides is 2. The fraction of sp³-hybridized carbons (Fsp3) is 0.391. The molecule has 1 spiro atoms. The molecule has 4 rings (SSSR count). The van der Waals surface area contributed by atoms with Gasteiger partial charge in [-0.05, 0) is 43.9 Å². The van der Waals surface area contributed by atoms with E-state index < -0.39 is 11.0 Å². The van der Waals surface area contributed by atoms with E-state index in [9.17, 15) is 14.4 Å². The second kappa shape index (κ2) is 8.75. The molecule has 1 fully saturated rings. The number of nitrogens with one attached hydrogen (secondary N) is 1. The topological polar surface area (TPSA) is 117 Å². The first kappa shape index (κ1) is 22.3. The number of rotatable bonds is 3. The maximum absolute atomic E-state index is 13.5. The fourth-order valence-corrected chi connectivity index (χ4v) is 4.94. The summed E-state index contributed by atoms with van der Waals surface area (Å²) in [7, 11) is 0. The second-order valence-electron chi connectivity index (χ2n) is 7.81. The van der Waals surface area contributed by atoms with E-state index in [4.69, 9.17) is 14.3 Å². The average Bonchev–Trinajstić information content (AvgIpc) is 3.22. The van der Waals surface area contributed by atoms with Crippen LogP contribution in [-0.2, 0) is 15.0 Å². The lowest BCUT2D eigenvalue weighted by atomic mass is 9.73. The fourth-order valence-electron chi connectivity index (χ4n) is 4.94. The van der Waals surface area contributed by atoms with Crippen LogP contribution < -0.4 is 10.9 Å². The summed E-state index contributed by atoms with van der Waals surface area (Å²) in [6.07, 6.45) is 2.16. The van der Waals surface area contributed by atoms with Crippen LogP contribution in [0.2, 0.25) is 0 Å². The van der Waals surface area contributed by atoms with Crippen LogP contribution in [0.1, 0.15) is 53.4 Å². The lowest BCUT2D eigenvalue weighted by molar-refractivity contribution is -0.123. The number of carboxylic acid groups (broad SMARTS) is 1. The SMILES string of the molecule is CCC[C@@H]1N(C(=O)c2c(C)cc(=O)oc2C)CC[C@]12C(=O)Nc1ccccc12.O=CO. The first-order valence-electron chi connectivity index (χ1n) is 10.2. The van der Waals surface area contributed by atoms with Gasteiger partial charge >= 0.3 is 5.63 Å². The Bertz CT molecular complexity index is 1050. The number of benzene rings is 1. The van der Waals surface area contributed by atoms with E-state index in [1.807, 2.05) is 24.3 Å². The molecule has 2 aliphatic rings. The quantitative estimate of drug-likeness (QED) is 0.729. The van der Waals surface area contributed by atoms with Crippen LogP contribution in [0.4, 0.5) is 5.69 Å². The van der Waals surface area contributed by atoms with Crippen molar-refractivity contribution in [1.29, 1.82) is 0 Å². The van der Waals surface area contributed by atoms with Gasteiger partial charge in [-0.1, -0.05) is 31.5 Å². The highest BCUT2D eigenvalue weighted by Crippen LogP contribution is 2.49. The van der Waals surface area contributed by atoms with Crippen LogP contribution in [-0.4, -0.2) is 40.9 Å². The van der Waals surface area contributed by atoms with Crippen molar-refractivity contribution in [2.45, 2.75) is 51.5 Å². The number of fused-ring (bicyclic) bond motifs is 2. The Morgan fingerprint density at radius 1 is 1.32 bits per heavy atom. The van der Waals surface area contributed by atoms with E-state index in [1.165, 1.54) is 6.07 Å². The first-order chi connectivity index (χ1) is 14.8. The van der Waals surface area contributed by atoms with Gasteiger partial charge in [0, 0.05) is 18.3 Å². The molecule has 2 N–H and O–H groups in total. The van der Waals surface area contributed by atoms with Gasteiger partial charge in [0.05, 0.1) is 17.0 Å². The molecule has 0 saturated carbocycles. The number of carbonyl (C=O) groups is 3. The average molecular weight is 426 g/mol. The number of hydrogen-bond donors (Lipinski definition) is 2. The molecule has 1 saturated heterocycles. The van der Waals surface area contributed by atoms with Crippen molar-refractivity contribution in [2.75, 3.05) is 11.9 Å². The van der Waals surface area contributed by atoms with Gasteiger partial charge in [-0.25, -0.2) is 4.79 Å². The summed E-state index contributed by atoms with van der Waals surface area (Å²) in [5.41, 5.74) is 1.65. The van der Waals surface area contributed by atoms with Crippen molar-refractivity contribution >= 4 is 24.0 Å². The molecule has 164 valence electrons. The summed E-state index contributed by atoms with van der Waals surface area (Å²) in [6.45, 7) is 5.68. The molecule has 1 aromatic heterocycles. The molecular formula is C23H26N2O6. The van der Waals surface area contributed by atoms with Crippen molar-refractivity contribution < 1.29 is 23.9 Å². The first-order valence-corrected chi connectivity index (χ1v) is 10.2. The number of anilines is 1. The zero-order valence-corrected chi connectivity index (χ0v) is 17.8. The van der Waals surface area contributed by atoms with Crippen molar-refractivity contribution in [2.24, 2.45) is 0 Å². The van der Waals surface area contributed by atoms with Crippen molar-refractivity contribution in [3.8, 4) is 0 Å². The molecule has 2 aliphatic heterocycles. The maximum Gasteiger partial charge on any atom is 0.336 e. The van der Waals surface area contributed by atoms with Gasteiger partial charge in [-0.3, -0.25) is 14.4 Å². The third-order valence-corrected chi connectivity index (χ3v) is 6.12. The van der Waals surface area contributed by atoms with Gasteiger partial charge in [0.15, 0.2) is 0 Å². The van der Waals surface area contributed by atoms with E-state index in [0.29, 0.717) is 29.9 Å². The van der Waals surface area contributed by atoms with Gasteiger partial charge in [-0.2, -0.15) is 0 Å². The van der Waals surface area contributed by atoms with E-state index in [2.05, 4.69) is 12.2 Å². The van der Waals surface area contributed by atoms with Crippen LogP contribution in [0.25, 0.3) is 0 Å². The lowest BCUT2D eigenvalue weighted by Gasteiger charge is -2.34. The third kappa shape index (κ3) is 3.62. The zero-order valence-electron chi connectivity index (χ0n) is 17.8. The molecule has 8 heteroatoms. The number of nitrogens with zero attached hydrogens (tertiary/aromatic N) is 1. The number of likely N-dealkylation sites (tertiary alicyclic amines) is 1. The minimum Gasteiger partial charge on any atom is -0.483 e. The molecule has 8 nitrogen and oxygen atoms in total. The van der Waals surface area contributed by atoms with E-state index in [0.717, 1.165) is 24.1 Å². The molecule has 2 atom stereocenters. The van der Waals surface area contributed by atoms with E-state index in [-0.39, 0.29) is 24.3 Å². The zero-order chi connectivity index (χ0) is 22.8. The third-order valence-electron chi connectivity index (χ3n) is 6.12. The van der Waals surface area contributed by atoms with Crippen LogP contribution in [0.3, 0.4) is 0 Å². The van der Waals surface area contributed by atoms with E-state index >= 15 is 0 Å². The van der Waals surface area contributed by atoms with Gasteiger partial charge in [0.1, 0.15) is 5.76 Å². The summed E-state index contributed by atoms with van der Waals surface area (Å²) in [4.78, 5) is 48.4. The van der Waals surface area contributed by atoms with Crippen molar-refractivity contribution in [1.82, 2.24) is 4.90 Å². The standard InChI is InChI=1S/C22H24N2O4.CH2O2/c1-4-7-17-22(15-8-5-6-9-16(15)23-21(22)27)10-11-24(17)20(26)19-13(2)12-18(25)28-14(19)3;2-1-3/h5-6,8-9,12,17H,4,7,10-11H2,1-3H3,(H,23,27);1H,(H,2,3)/t17-,22+;/m0./s1. The normalized spacial score (nSPS) is 21.3. The second-order valence-corrected chi connectivity index (χ2v) is 7.81. The molecule has 2 aromatic rings. The Labute approximate surface area is 179 Å². The Hall–Kier alpha value is -3.42.